The van der Waals surface area contributed by atoms with E-state index in [1.165, 1.54) is 0 Å². The molecule has 0 radical (unpaired) electrons. The Morgan fingerprint density at radius 3 is 2.79 bits per heavy atom. The van der Waals surface area contributed by atoms with E-state index in [9.17, 15) is 0 Å². The van der Waals surface area contributed by atoms with Gasteiger partial charge in [0.15, 0.2) is 0 Å². The minimum absolute atomic E-state index is 0.0498. The fourth-order valence-electron chi connectivity index (χ4n) is 0.778. The van der Waals surface area contributed by atoms with Crippen LogP contribution in [0.1, 0.15) is 5.56 Å². The third kappa shape index (κ3) is 3.26. The van der Waals surface area contributed by atoms with Gasteiger partial charge in [0.05, 0.1) is 6.21 Å². The first kappa shape index (κ1) is 11.4. The van der Waals surface area contributed by atoms with Gasteiger partial charge in [0.2, 0.25) is 5.96 Å². The number of rotatable bonds is 2. The zero-order chi connectivity index (χ0) is 10.6. The van der Waals surface area contributed by atoms with Crippen LogP contribution in [0.2, 0.25) is 0 Å². The Balaban J connectivity index is 2.92. The van der Waals surface area contributed by atoms with Gasteiger partial charge in [0.25, 0.3) is 0 Å². The summed E-state index contributed by atoms with van der Waals surface area (Å²) in [5, 5.41) is 7.24. The number of nitrogens with two attached hydrogens (primary N) is 2. The van der Waals surface area contributed by atoms with Crippen molar-refractivity contribution in [3.63, 3.8) is 0 Å². The molecule has 1 rings (SSSR count). The summed E-state index contributed by atoms with van der Waals surface area (Å²) < 4.78 is 2.09. The van der Waals surface area contributed by atoms with Crippen molar-refractivity contribution in [3.05, 3.63) is 31.8 Å². The van der Waals surface area contributed by atoms with Crippen LogP contribution in [0.25, 0.3) is 0 Å². The molecule has 0 amide bonds. The lowest BCUT2D eigenvalue weighted by Crippen LogP contribution is -2.21. The maximum Gasteiger partial charge on any atom is 0.211 e. The Morgan fingerprint density at radius 2 is 2.14 bits per heavy atom. The SMILES string of the molecule is NC(N)=NN=Cc1cccc(Br)c1I. The van der Waals surface area contributed by atoms with Crippen molar-refractivity contribution in [3.8, 4) is 0 Å². The maximum atomic E-state index is 5.13. The van der Waals surface area contributed by atoms with E-state index in [0.29, 0.717) is 0 Å². The summed E-state index contributed by atoms with van der Waals surface area (Å²) in [6.07, 6.45) is 1.60. The highest BCUT2D eigenvalue weighted by molar-refractivity contribution is 14.1. The fourth-order valence-corrected chi connectivity index (χ4v) is 1.66. The predicted octanol–water partition coefficient (Wildman–Crippen LogP) is 1.66. The Bertz CT molecular complexity index is 385. The van der Waals surface area contributed by atoms with E-state index in [1.807, 2.05) is 18.2 Å². The molecule has 1 aromatic rings. The van der Waals surface area contributed by atoms with Gasteiger partial charge in [0, 0.05) is 13.6 Å². The molecule has 0 unspecified atom stereocenters. The minimum Gasteiger partial charge on any atom is -0.369 e. The smallest absolute Gasteiger partial charge is 0.211 e. The first-order valence-electron chi connectivity index (χ1n) is 3.67. The van der Waals surface area contributed by atoms with E-state index in [1.54, 1.807) is 6.21 Å². The van der Waals surface area contributed by atoms with E-state index < -0.39 is 0 Å². The van der Waals surface area contributed by atoms with Crippen molar-refractivity contribution in [2.45, 2.75) is 0 Å². The lowest BCUT2D eigenvalue weighted by molar-refractivity contribution is 1.21. The van der Waals surface area contributed by atoms with E-state index in [-0.39, 0.29) is 5.96 Å². The Morgan fingerprint density at radius 1 is 1.43 bits per heavy atom. The van der Waals surface area contributed by atoms with Crippen molar-refractivity contribution in [1.29, 1.82) is 0 Å². The van der Waals surface area contributed by atoms with Crippen LogP contribution in [0.3, 0.4) is 0 Å². The van der Waals surface area contributed by atoms with Crippen LogP contribution in [0, 0.1) is 3.57 Å². The zero-order valence-corrected chi connectivity index (χ0v) is 10.9. The molecule has 0 saturated carbocycles. The Kier molecular flexibility index (Phi) is 4.33. The molecule has 0 aliphatic carbocycles. The number of benzene rings is 1. The summed E-state index contributed by atoms with van der Waals surface area (Å²) in [7, 11) is 0. The van der Waals surface area contributed by atoms with Gasteiger partial charge >= 0.3 is 0 Å². The number of guanidine groups is 1. The Labute approximate surface area is 104 Å². The Hall–Kier alpha value is -0.630. The first-order chi connectivity index (χ1) is 6.61. The van der Waals surface area contributed by atoms with Crippen molar-refractivity contribution >= 4 is 50.7 Å². The van der Waals surface area contributed by atoms with E-state index in [4.69, 9.17) is 11.5 Å². The maximum absolute atomic E-state index is 5.13. The second-order valence-corrected chi connectivity index (χ2v) is 4.35. The van der Waals surface area contributed by atoms with Crippen molar-refractivity contribution in [1.82, 2.24) is 0 Å². The van der Waals surface area contributed by atoms with Crippen LogP contribution in [0.15, 0.2) is 32.9 Å². The lowest BCUT2D eigenvalue weighted by Gasteiger charge is -1.98. The van der Waals surface area contributed by atoms with Crippen LogP contribution >= 0.6 is 38.5 Å². The molecule has 0 saturated heterocycles. The van der Waals surface area contributed by atoms with Crippen LogP contribution in [0.4, 0.5) is 0 Å². The highest BCUT2D eigenvalue weighted by Crippen LogP contribution is 2.21. The minimum atomic E-state index is -0.0498. The topological polar surface area (TPSA) is 76.8 Å². The van der Waals surface area contributed by atoms with Gasteiger partial charge in [-0.3, -0.25) is 0 Å². The molecule has 6 heteroatoms. The van der Waals surface area contributed by atoms with Gasteiger partial charge in [-0.05, 0) is 44.6 Å². The van der Waals surface area contributed by atoms with Gasteiger partial charge in [-0.1, -0.05) is 12.1 Å². The highest BCUT2D eigenvalue weighted by atomic mass is 127. The number of halogens is 2. The van der Waals surface area contributed by atoms with Crippen LogP contribution in [0.5, 0.6) is 0 Å². The molecule has 0 fully saturated rings. The van der Waals surface area contributed by atoms with Crippen LogP contribution < -0.4 is 11.5 Å². The molecule has 1 aromatic carbocycles. The summed E-state index contributed by atoms with van der Waals surface area (Å²) in [6, 6.07) is 5.81. The standard InChI is InChI=1S/C8H8BrIN4/c9-6-3-1-2-5(7(6)10)4-13-14-8(11)12/h1-4H,(H4,11,12,14). The fraction of sp³-hybridized carbons (Fsp3) is 0. The van der Waals surface area contributed by atoms with Gasteiger partial charge in [-0.2, -0.15) is 5.10 Å². The highest BCUT2D eigenvalue weighted by Gasteiger charge is 1.99. The average Bonchev–Trinajstić information content (AvgIpc) is 2.12. The summed E-state index contributed by atoms with van der Waals surface area (Å²) in [6.45, 7) is 0. The zero-order valence-electron chi connectivity index (χ0n) is 7.11. The second-order valence-electron chi connectivity index (χ2n) is 2.41. The molecule has 0 heterocycles. The first-order valence-corrected chi connectivity index (χ1v) is 5.54. The second kappa shape index (κ2) is 5.30. The van der Waals surface area contributed by atoms with Crippen molar-refractivity contribution in [2.75, 3.05) is 0 Å². The average molecular weight is 367 g/mol. The van der Waals surface area contributed by atoms with E-state index in [0.717, 1.165) is 13.6 Å². The molecule has 0 spiro atoms. The van der Waals surface area contributed by atoms with Gasteiger partial charge in [-0.15, -0.1) is 5.10 Å². The summed E-state index contributed by atoms with van der Waals surface area (Å²) in [4.78, 5) is 0. The van der Waals surface area contributed by atoms with Crippen molar-refractivity contribution < 1.29 is 0 Å². The summed E-state index contributed by atoms with van der Waals surface area (Å²) in [5.41, 5.74) is 11.2. The number of hydrogen-bond donors (Lipinski definition) is 2. The molecule has 0 aliphatic heterocycles. The molecule has 74 valence electrons. The molecular weight excluding hydrogens is 359 g/mol. The third-order valence-electron chi connectivity index (χ3n) is 1.35. The molecular formula is C8H8BrIN4. The van der Waals surface area contributed by atoms with E-state index in [2.05, 4.69) is 48.7 Å². The molecule has 0 bridgehead atoms. The lowest BCUT2D eigenvalue weighted by atomic mass is 10.2. The summed E-state index contributed by atoms with van der Waals surface area (Å²) >= 11 is 5.63. The van der Waals surface area contributed by atoms with Crippen LogP contribution in [-0.2, 0) is 0 Å². The number of hydrogen-bond acceptors (Lipinski definition) is 2. The molecule has 4 N–H and O–H groups in total. The van der Waals surface area contributed by atoms with Gasteiger partial charge in [-0.25, -0.2) is 0 Å². The van der Waals surface area contributed by atoms with E-state index >= 15 is 0 Å². The quantitative estimate of drug-likeness (QED) is 0.361. The molecule has 14 heavy (non-hydrogen) atoms. The molecule has 0 aromatic heterocycles. The van der Waals surface area contributed by atoms with Crippen molar-refractivity contribution in [2.24, 2.45) is 21.7 Å². The molecule has 0 atom stereocenters. The monoisotopic (exact) mass is 366 g/mol. The number of nitrogens with zero attached hydrogens (tertiary/aromatic N) is 2. The molecule has 0 aliphatic rings. The summed E-state index contributed by atoms with van der Waals surface area (Å²) in [5.74, 6) is -0.0498. The molecule has 4 nitrogen and oxygen atoms in total. The normalized spacial score (nSPS) is 10.4. The van der Waals surface area contributed by atoms with Crippen LogP contribution in [-0.4, -0.2) is 12.2 Å². The van der Waals surface area contributed by atoms with Gasteiger partial charge in [0.1, 0.15) is 0 Å². The predicted molar refractivity (Wildman–Crippen MR) is 70.3 cm³/mol. The largest absolute Gasteiger partial charge is 0.369 e. The van der Waals surface area contributed by atoms with Gasteiger partial charge < -0.3 is 11.5 Å². The third-order valence-corrected chi connectivity index (χ3v) is 3.96.